The number of hydrogen-bond acceptors (Lipinski definition) is 4. The Morgan fingerprint density at radius 3 is 2.06 bits per heavy atom. The third-order valence-corrected chi connectivity index (χ3v) is 3.38. The molecule has 17 heavy (non-hydrogen) atoms. The molecule has 0 radical (unpaired) electrons. The summed E-state index contributed by atoms with van der Waals surface area (Å²) in [5, 5.41) is 0. The molecule has 1 saturated heterocycles. The minimum absolute atomic E-state index is 0.349. The first-order chi connectivity index (χ1) is 7.71. The number of hydrogen-bond donors (Lipinski definition) is 1. The van der Waals surface area contributed by atoms with Crippen LogP contribution in [0.4, 0.5) is 0 Å². The SMILES string of the molecule is CCN=C/C(B1OC(C)(C)C(C)(C)O1)=C(/C)N. The lowest BCUT2D eigenvalue weighted by Crippen LogP contribution is -2.41. The first-order valence-corrected chi connectivity index (χ1v) is 6.03. The second kappa shape index (κ2) is 4.82. The van der Waals surface area contributed by atoms with E-state index in [-0.39, 0.29) is 11.2 Å². The van der Waals surface area contributed by atoms with Crippen LogP contribution in [0.5, 0.6) is 0 Å². The Morgan fingerprint density at radius 2 is 1.71 bits per heavy atom. The van der Waals surface area contributed by atoms with Crippen molar-refractivity contribution in [2.24, 2.45) is 10.7 Å². The zero-order chi connectivity index (χ0) is 13.3. The average molecular weight is 238 g/mol. The molecule has 2 N–H and O–H groups in total. The van der Waals surface area contributed by atoms with Crippen LogP contribution in [-0.2, 0) is 9.31 Å². The van der Waals surface area contributed by atoms with Crippen LogP contribution in [0.3, 0.4) is 0 Å². The van der Waals surface area contributed by atoms with Gasteiger partial charge in [-0.3, -0.25) is 4.99 Å². The normalized spacial score (nSPS) is 24.2. The summed E-state index contributed by atoms with van der Waals surface area (Å²) in [5.74, 6) is 0. The smallest absolute Gasteiger partial charge is 0.402 e. The highest BCUT2D eigenvalue weighted by Gasteiger charge is 2.52. The molecular formula is C12H23BN2O2. The van der Waals surface area contributed by atoms with Crippen LogP contribution in [0.2, 0.25) is 0 Å². The summed E-state index contributed by atoms with van der Waals surface area (Å²) in [5.41, 5.74) is 6.66. The van der Waals surface area contributed by atoms with Gasteiger partial charge in [0.2, 0.25) is 0 Å². The molecule has 4 nitrogen and oxygen atoms in total. The Hall–Kier alpha value is -0.805. The van der Waals surface area contributed by atoms with E-state index in [4.69, 9.17) is 15.0 Å². The number of allylic oxidation sites excluding steroid dienone is 2. The van der Waals surface area contributed by atoms with Crippen LogP contribution < -0.4 is 5.73 Å². The lowest BCUT2D eigenvalue weighted by molar-refractivity contribution is 0.00578. The van der Waals surface area contributed by atoms with Gasteiger partial charge in [-0.1, -0.05) is 0 Å². The average Bonchev–Trinajstić information content (AvgIpc) is 2.35. The van der Waals surface area contributed by atoms with Crippen molar-refractivity contribution in [3.05, 3.63) is 11.2 Å². The van der Waals surface area contributed by atoms with E-state index in [1.165, 1.54) is 0 Å². The molecule has 1 aliphatic rings. The molecule has 0 saturated carbocycles. The molecule has 0 atom stereocenters. The molecule has 1 heterocycles. The maximum atomic E-state index is 5.93. The topological polar surface area (TPSA) is 56.8 Å². The molecule has 0 aromatic rings. The van der Waals surface area contributed by atoms with Crippen molar-refractivity contribution in [2.45, 2.75) is 52.7 Å². The van der Waals surface area contributed by atoms with Gasteiger partial charge in [0, 0.05) is 23.9 Å². The number of aliphatic imine (C=N–C) groups is 1. The minimum Gasteiger partial charge on any atom is -0.402 e. The van der Waals surface area contributed by atoms with E-state index in [1.807, 2.05) is 41.5 Å². The summed E-state index contributed by atoms with van der Waals surface area (Å²) in [6.07, 6.45) is 1.75. The second-order valence-corrected chi connectivity index (χ2v) is 5.35. The van der Waals surface area contributed by atoms with Gasteiger partial charge in [-0.2, -0.15) is 0 Å². The van der Waals surface area contributed by atoms with Gasteiger partial charge in [0.1, 0.15) is 0 Å². The highest BCUT2D eigenvalue weighted by molar-refractivity contribution is 6.60. The first kappa shape index (κ1) is 14.3. The van der Waals surface area contributed by atoms with Gasteiger partial charge in [0.15, 0.2) is 0 Å². The van der Waals surface area contributed by atoms with Crippen LogP contribution in [0, 0.1) is 0 Å². The monoisotopic (exact) mass is 238 g/mol. The first-order valence-electron chi connectivity index (χ1n) is 6.03. The van der Waals surface area contributed by atoms with Gasteiger partial charge in [-0.05, 0) is 41.5 Å². The standard InChI is InChI=1S/C12H23BN2O2/c1-7-15-8-10(9(2)14)13-16-11(3,4)12(5,6)17-13/h8H,7,14H2,1-6H3/b10-9+,15-8?. The van der Waals surface area contributed by atoms with Crippen molar-refractivity contribution < 1.29 is 9.31 Å². The van der Waals surface area contributed by atoms with E-state index in [9.17, 15) is 0 Å². The van der Waals surface area contributed by atoms with Gasteiger partial charge in [-0.15, -0.1) is 0 Å². The van der Waals surface area contributed by atoms with Crippen molar-refractivity contribution in [3.63, 3.8) is 0 Å². The number of nitrogens with two attached hydrogens (primary N) is 1. The van der Waals surface area contributed by atoms with E-state index < -0.39 is 7.12 Å². The lowest BCUT2D eigenvalue weighted by Gasteiger charge is -2.32. The Balaban J connectivity index is 2.96. The van der Waals surface area contributed by atoms with E-state index in [2.05, 4.69) is 4.99 Å². The van der Waals surface area contributed by atoms with Crippen LogP contribution in [0.25, 0.3) is 0 Å². The third-order valence-electron chi connectivity index (χ3n) is 3.38. The molecule has 0 aliphatic carbocycles. The van der Waals surface area contributed by atoms with E-state index in [0.29, 0.717) is 5.70 Å². The quantitative estimate of drug-likeness (QED) is 0.603. The summed E-state index contributed by atoms with van der Waals surface area (Å²) < 4.78 is 11.9. The molecule has 1 rings (SSSR count). The summed E-state index contributed by atoms with van der Waals surface area (Å²) >= 11 is 0. The minimum atomic E-state index is -0.430. The summed E-state index contributed by atoms with van der Waals surface area (Å²) in [6.45, 7) is 12.6. The van der Waals surface area contributed by atoms with E-state index in [0.717, 1.165) is 12.0 Å². The molecule has 0 aromatic heterocycles. The summed E-state index contributed by atoms with van der Waals surface area (Å²) in [7, 11) is -0.430. The molecule has 96 valence electrons. The maximum Gasteiger partial charge on any atom is 0.498 e. The number of rotatable bonds is 3. The van der Waals surface area contributed by atoms with Crippen molar-refractivity contribution in [1.29, 1.82) is 0 Å². The Kier molecular flexibility index (Phi) is 4.04. The largest absolute Gasteiger partial charge is 0.498 e. The zero-order valence-electron chi connectivity index (χ0n) is 11.7. The predicted octanol–water partition coefficient (Wildman–Crippen LogP) is 1.94. The fraction of sp³-hybridized carbons (Fsp3) is 0.750. The van der Waals surface area contributed by atoms with Crippen LogP contribution in [0.15, 0.2) is 16.2 Å². The van der Waals surface area contributed by atoms with Gasteiger partial charge < -0.3 is 15.0 Å². The fourth-order valence-electron chi connectivity index (χ4n) is 1.51. The van der Waals surface area contributed by atoms with Crippen LogP contribution in [0.1, 0.15) is 41.5 Å². The molecule has 0 bridgehead atoms. The Labute approximate surface area is 104 Å². The molecule has 1 fully saturated rings. The zero-order valence-corrected chi connectivity index (χ0v) is 11.7. The van der Waals surface area contributed by atoms with Gasteiger partial charge in [0.05, 0.1) is 11.2 Å². The maximum absolute atomic E-state index is 5.93. The summed E-state index contributed by atoms with van der Waals surface area (Å²) in [6, 6.07) is 0. The van der Waals surface area contributed by atoms with E-state index in [1.54, 1.807) is 6.21 Å². The van der Waals surface area contributed by atoms with Gasteiger partial charge in [-0.25, -0.2) is 0 Å². The molecule has 0 spiro atoms. The highest BCUT2D eigenvalue weighted by Crippen LogP contribution is 2.38. The van der Waals surface area contributed by atoms with Gasteiger partial charge in [0.25, 0.3) is 0 Å². The van der Waals surface area contributed by atoms with Crippen molar-refractivity contribution >= 4 is 13.3 Å². The molecule has 5 heteroatoms. The molecule has 0 aromatic carbocycles. The third kappa shape index (κ3) is 2.90. The molecular weight excluding hydrogens is 215 g/mol. The lowest BCUT2D eigenvalue weighted by atomic mass is 9.77. The number of nitrogens with zero attached hydrogens (tertiary/aromatic N) is 1. The summed E-state index contributed by atoms with van der Waals surface area (Å²) in [4.78, 5) is 4.21. The molecule has 0 amide bonds. The predicted molar refractivity (Wildman–Crippen MR) is 72.0 cm³/mol. The van der Waals surface area contributed by atoms with Crippen LogP contribution in [-0.4, -0.2) is 31.1 Å². The second-order valence-electron chi connectivity index (χ2n) is 5.35. The van der Waals surface area contributed by atoms with Crippen molar-refractivity contribution in [1.82, 2.24) is 0 Å². The Bertz CT molecular complexity index is 328. The van der Waals surface area contributed by atoms with Crippen molar-refractivity contribution in [3.8, 4) is 0 Å². The van der Waals surface area contributed by atoms with Crippen molar-refractivity contribution in [2.75, 3.05) is 6.54 Å². The molecule has 0 unspecified atom stereocenters. The van der Waals surface area contributed by atoms with Gasteiger partial charge >= 0.3 is 7.12 Å². The Morgan fingerprint density at radius 1 is 1.24 bits per heavy atom. The fourth-order valence-corrected chi connectivity index (χ4v) is 1.51. The highest BCUT2D eigenvalue weighted by atomic mass is 16.7. The molecule has 1 aliphatic heterocycles. The van der Waals surface area contributed by atoms with Crippen LogP contribution >= 0.6 is 0 Å². The van der Waals surface area contributed by atoms with E-state index >= 15 is 0 Å².